The minimum absolute atomic E-state index is 0.0291. The lowest BCUT2D eigenvalue weighted by Gasteiger charge is -2.38. The van der Waals surface area contributed by atoms with E-state index in [1.54, 1.807) is 11.1 Å². The standard InChI is InChI=1S/C17H23N7O/c25-17-18-4-6-23(17)14-7-19-24(12-14)15-10-21(11-15)8-13-9-22-5-2-1-3-16(22)20-13/h7,9,12,15H,1-6,8,10-11H2,(H,18,25). The predicted molar refractivity (Wildman–Crippen MR) is 92.5 cm³/mol. The van der Waals surface area contributed by atoms with Gasteiger partial charge in [-0.25, -0.2) is 9.78 Å². The Labute approximate surface area is 146 Å². The molecule has 2 aromatic rings. The van der Waals surface area contributed by atoms with Gasteiger partial charge in [0.25, 0.3) is 0 Å². The van der Waals surface area contributed by atoms with E-state index >= 15 is 0 Å². The molecule has 3 aliphatic heterocycles. The average molecular weight is 341 g/mol. The predicted octanol–water partition coefficient (Wildman–Crippen LogP) is 1.00. The molecule has 2 amide bonds. The molecular weight excluding hydrogens is 318 g/mol. The number of carbonyl (C=O) groups excluding carboxylic acids is 1. The number of fused-ring (bicyclic) bond motifs is 1. The minimum Gasteiger partial charge on any atom is -0.336 e. The number of anilines is 1. The van der Waals surface area contributed by atoms with Gasteiger partial charge >= 0.3 is 6.03 Å². The number of hydrogen-bond donors (Lipinski definition) is 1. The van der Waals surface area contributed by atoms with E-state index in [-0.39, 0.29) is 6.03 Å². The zero-order valence-electron chi connectivity index (χ0n) is 14.3. The molecule has 0 aromatic carbocycles. The normalized spacial score (nSPS) is 21.3. The van der Waals surface area contributed by atoms with Crippen molar-refractivity contribution in [3.8, 4) is 0 Å². The summed E-state index contributed by atoms with van der Waals surface area (Å²) in [5, 5.41) is 7.28. The fourth-order valence-corrected chi connectivity index (χ4v) is 4.00. The molecule has 1 N–H and O–H groups in total. The summed E-state index contributed by atoms with van der Waals surface area (Å²) in [6.45, 7) is 5.41. The van der Waals surface area contributed by atoms with Gasteiger partial charge in [-0.3, -0.25) is 14.5 Å². The molecule has 0 atom stereocenters. The van der Waals surface area contributed by atoms with E-state index in [2.05, 4.69) is 26.1 Å². The van der Waals surface area contributed by atoms with Crippen LogP contribution in [0.1, 0.15) is 30.4 Å². The van der Waals surface area contributed by atoms with Crippen LogP contribution < -0.4 is 10.2 Å². The number of likely N-dealkylation sites (tertiary alicyclic amines) is 1. The molecule has 2 saturated heterocycles. The maximum atomic E-state index is 11.7. The lowest BCUT2D eigenvalue weighted by Crippen LogP contribution is -2.47. The van der Waals surface area contributed by atoms with Crippen molar-refractivity contribution in [1.82, 2.24) is 29.5 Å². The maximum Gasteiger partial charge on any atom is 0.322 e. The van der Waals surface area contributed by atoms with Crippen LogP contribution in [0.5, 0.6) is 0 Å². The van der Waals surface area contributed by atoms with Gasteiger partial charge in [0.15, 0.2) is 0 Å². The van der Waals surface area contributed by atoms with Gasteiger partial charge in [-0.1, -0.05) is 0 Å². The molecule has 0 aliphatic carbocycles. The van der Waals surface area contributed by atoms with Gasteiger partial charge in [0, 0.05) is 58.1 Å². The van der Waals surface area contributed by atoms with E-state index in [1.165, 1.54) is 24.4 Å². The zero-order valence-corrected chi connectivity index (χ0v) is 14.3. The topological polar surface area (TPSA) is 71.2 Å². The van der Waals surface area contributed by atoms with E-state index in [1.807, 2.05) is 10.9 Å². The number of amides is 2. The Morgan fingerprint density at radius 3 is 2.92 bits per heavy atom. The Morgan fingerprint density at radius 2 is 2.12 bits per heavy atom. The van der Waals surface area contributed by atoms with Crippen molar-refractivity contribution < 1.29 is 4.79 Å². The summed E-state index contributed by atoms with van der Waals surface area (Å²) in [7, 11) is 0. The number of urea groups is 1. The van der Waals surface area contributed by atoms with Crippen molar-refractivity contribution >= 4 is 11.7 Å². The second-order valence-electron chi connectivity index (χ2n) is 7.21. The second kappa shape index (κ2) is 5.87. The molecule has 0 radical (unpaired) electrons. The number of nitrogens with one attached hydrogen (secondary N) is 1. The van der Waals surface area contributed by atoms with Crippen LogP contribution in [-0.2, 0) is 19.5 Å². The molecular formula is C17H23N7O. The fraction of sp³-hybridized carbons (Fsp3) is 0.588. The summed E-state index contributed by atoms with van der Waals surface area (Å²) < 4.78 is 4.31. The van der Waals surface area contributed by atoms with E-state index in [4.69, 9.17) is 4.98 Å². The third-order valence-electron chi connectivity index (χ3n) is 5.41. The molecule has 8 heteroatoms. The Kier molecular flexibility index (Phi) is 3.51. The third-order valence-corrected chi connectivity index (χ3v) is 5.41. The average Bonchev–Trinajstić information content (AvgIpc) is 3.28. The van der Waals surface area contributed by atoms with Gasteiger partial charge in [-0.05, 0) is 12.8 Å². The van der Waals surface area contributed by atoms with Gasteiger partial charge in [0.2, 0.25) is 0 Å². The first-order valence-corrected chi connectivity index (χ1v) is 9.13. The SMILES string of the molecule is O=C1NCCN1c1cnn(C2CN(Cc3cn4c(n3)CCCC4)C2)c1. The first-order chi connectivity index (χ1) is 12.3. The lowest BCUT2D eigenvalue weighted by molar-refractivity contribution is 0.0897. The van der Waals surface area contributed by atoms with Gasteiger partial charge in [-0.15, -0.1) is 0 Å². The Balaban J connectivity index is 1.19. The summed E-state index contributed by atoms with van der Waals surface area (Å²) in [6.07, 6.45) is 9.64. The molecule has 2 fully saturated rings. The van der Waals surface area contributed by atoms with Crippen LogP contribution in [0.25, 0.3) is 0 Å². The van der Waals surface area contributed by atoms with E-state index in [9.17, 15) is 4.79 Å². The summed E-state index contributed by atoms with van der Waals surface area (Å²) in [5.41, 5.74) is 2.07. The van der Waals surface area contributed by atoms with Gasteiger partial charge < -0.3 is 9.88 Å². The molecule has 8 nitrogen and oxygen atoms in total. The minimum atomic E-state index is -0.0291. The summed E-state index contributed by atoms with van der Waals surface area (Å²) in [4.78, 5) is 20.7. The van der Waals surface area contributed by atoms with E-state index in [0.29, 0.717) is 19.1 Å². The molecule has 132 valence electrons. The monoisotopic (exact) mass is 341 g/mol. The number of imidazole rings is 1. The second-order valence-corrected chi connectivity index (χ2v) is 7.21. The highest BCUT2D eigenvalue weighted by molar-refractivity contribution is 5.93. The Hall–Kier alpha value is -2.35. The molecule has 5 rings (SSSR count). The highest BCUT2D eigenvalue weighted by Crippen LogP contribution is 2.25. The summed E-state index contributed by atoms with van der Waals surface area (Å²) in [6, 6.07) is 0.357. The smallest absolute Gasteiger partial charge is 0.322 e. The van der Waals surface area contributed by atoms with Crippen LogP contribution in [0.3, 0.4) is 0 Å². The highest BCUT2D eigenvalue weighted by atomic mass is 16.2. The van der Waals surface area contributed by atoms with Crippen molar-refractivity contribution in [3.63, 3.8) is 0 Å². The molecule has 2 aromatic heterocycles. The summed E-state index contributed by atoms with van der Waals surface area (Å²) in [5.74, 6) is 1.25. The van der Waals surface area contributed by atoms with Crippen LogP contribution in [-0.4, -0.2) is 56.4 Å². The van der Waals surface area contributed by atoms with Crippen LogP contribution in [0.4, 0.5) is 10.5 Å². The first kappa shape index (κ1) is 14.9. The zero-order chi connectivity index (χ0) is 16.8. The maximum absolute atomic E-state index is 11.7. The van der Waals surface area contributed by atoms with Crippen LogP contribution in [0.2, 0.25) is 0 Å². The number of rotatable bonds is 4. The van der Waals surface area contributed by atoms with Crippen molar-refractivity contribution in [2.24, 2.45) is 0 Å². The van der Waals surface area contributed by atoms with Crippen LogP contribution in [0.15, 0.2) is 18.6 Å². The molecule has 25 heavy (non-hydrogen) atoms. The number of nitrogens with zero attached hydrogens (tertiary/aromatic N) is 6. The van der Waals surface area contributed by atoms with Gasteiger partial charge in [-0.2, -0.15) is 5.10 Å². The van der Waals surface area contributed by atoms with Crippen molar-refractivity contribution in [1.29, 1.82) is 0 Å². The third kappa shape index (κ3) is 2.70. The van der Waals surface area contributed by atoms with Gasteiger partial charge in [0.05, 0.1) is 23.6 Å². The quantitative estimate of drug-likeness (QED) is 0.901. The Morgan fingerprint density at radius 1 is 1.20 bits per heavy atom. The van der Waals surface area contributed by atoms with Crippen LogP contribution in [0, 0.1) is 0 Å². The first-order valence-electron chi connectivity index (χ1n) is 9.13. The fourth-order valence-electron chi connectivity index (χ4n) is 4.00. The molecule has 5 heterocycles. The van der Waals surface area contributed by atoms with Gasteiger partial charge in [0.1, 0.15) is 5.82 Å². The molecule has 0 unspecified atom stereocenters. The van der Waals surface area contributed by atoms with Crippen LogP contribution >= 0.6 is 0 Å². The van der Waals surface area contributed by atoms with E-state index in [0.717, 1.165) is 38.3 Å². The molecule has 0 saturated carbocycles. The Bertz CT molecular complexity index is 765. The number of aromatic nitrogens is 4. The summed E-state index contributed by atoms with van der Waals surface area (Å²) >= 11 is 0. The van der Waals surface area contributed by atoms with Crippen molar-refractivity contribution in [2.45, 2.75) is 38.4 Å². The molecule has 3 aliphatic rings. The number of hydrogen-bond acceptors (Lipinski definition) is 4. The van der Waals surface area contributed by atoms with Crippen molar-refractivity contribution in [3.05, 3.63) is 30.1 Å². The van der Waals surface area contributed by atoms with Crippen molar-refractivity contribution in [2.75, 3.05) is 31.1 Å². The molecule has 0 spiro atoms. The number of aryl methyl sites for hydroxylation is 2. The lowest BCUT2D eigenvalue weighted by atomic mass is 10.1. The largest absolute Gasteiger partial charge is 0.336 e. The van der Waals surface area contributed by atoms with E-state index < -0.39 is 0 Å². The highest BCUT2D eigenvalue weighted by Gasteiger charge is 2.31. The number of carbonyl (C=O) groups is 1. The molecule has 0 bridgehead atoms.